The van der Waals surface area contributed by atoms with Gasteiger partial charge in [0.2, 0.25) is 0 Å². The van der Waals surface area contributed by atoms with E-state index in [1.807, 2.05) is 42.8 Å². The lowest BCUT2D eigenvalue weighted by molar-refractivity contribution is 0.281. The molecule has 4 heteroatoms. The van der Waals surface area contributed by atoms with Crippen LogP contribution in [0.5, 0.6) is 0 Å². The lowest BCUT2D eigenvalue weighted by Crippen LogP contribution is -2.03. The Morgan fingerprint density at radius 1 is 1.31 bits per heavy atom. The van der Waals surface area contributed by atoms with E-state index in [4.69, 9.17) is 0 Å². The van der Waals surface area contributed by atoms with Crippen LogP contribution in [0.2, 0.25) is 0 Å². The topological polar surface area (TPSA) is 38.0 Å². The third kappa shape index (κ3) is 1.79. The van der Waals surface area contributed by atoms with Gasteiger partial charge in [0.05, 0.1) is 28.2 Å². The minimum Gasteiger partial charge on any atom is -0.392 e. The number of halogens is 1. The summed E-state index contributed by atoms with van der Waals surface area (Å²) >= 11 is 3.50. The number of para-hydroxylation sites is 1. The van der Waals surface area contributed by atoms with Gasteiger partial charge in [0.25, 0.3) is 0 Å². The average molecular weight is 281 g/mol. The van der Waals surface area contributed by atoms with Crippen molar-refractivity contribution in [1.82, 2.24) is 9.78 Å². The zero-order valence-electron chi connectivity index (χ0n) is 9.24. The van der Waals surface area contributed by atoms with Crippen LogP contribution < -0.4 is 0 Å². The second-order valence-electron chi connectivity index (χ2n) is 3.68. The molecule has 0 bridgehead atoms. The zero-order valence-corrected chi connectivity index (χ0v) is 10.8. The fourth-order valence-corrected chi connectivity index (χ4v) is 1.96. The number of benzene rings is 1. The van der Waals surface area contributed by atoms with E-state index in [0.717, 1.165) is 27.1 Å². The lowest BCUT2D eigenvalue weighted by atomic mass is 10.2. The molecule has 0 aliphatic heterocycles. The van der Waals surface area contributed by atoms with Crippen molar-refractivity contribution in [3.63, 3.8) is 0 Å². The van der Waals surface area contributed by atoms with Gasteiger partial charge in [0.1, 0.15) is 0 Å². The first-order valence-electron chi connectivity index (χ1n) is 5.06. The molecule has 3 nitrogen and oxygen atoms in total. The van der Waals surface area contributed by atoms with Crippen molar-refractivity contribution < 1.29 is 5.11 Å². The third-order valence-electron chi connectivity index (χ3n) is 2.59. The lowest BCUT2D eigenvalue weighted by Gasteiger charge is -2.08. The predicted octanol–water partition coefficient (Wildman–Crippen LogP) is 2.74. The number of rotatable bonds is 2. The van der Waals surface area contributed by atoms with E-state index in [2.05, 4.69) is 21.0 Å². The highest BCUT2D eigenvalue weighted by atomic mass is 79.9. The van der Waals surface area contributed by atoms with Crippen LogP contribution >= 0.6 is 15.9 Å². The van der Waals surface area contributed by atoms with Crippen molar-refractivity contribution in [3.8, 4) is 5.69 Å². The minimum absolute atomic E-state index is 0.0200. The van der Waals surface area contributed by atoms with Crippen LogP contribution in [0.4, 0.5) is 0 Å². The van der Waals surface area contributed by atoms with E-state index >= 15 is 0 Å². The van der Waals surface area contributed by atoms with Crippen molar-refractivity contribution in [2.45, 2.75) is 20.5 Å². The molecule has 0 amide bonds. The standard InChI is InChI=1S/C12H13BrN2O/c1-8-12(13)9(2)15(14-8)11-6-4-3-5-10(11)7-16/h3-6,16H,7H2,1-2H3. The third-order valence-corrected chi connectivity index (χ3v) is 3.74. The summed E-state index contributed by atoms with van der Waals surface area (Å²) in [6, 6.07) is 7.71. The molecule has 0 unspecified atom stereocenters. The van der Waals surface area contributed by atoms with Crippen LogP contribution in [0.15, 0.2) is 28.7 Å². The highest BCUT2D eigenvalue weighted by molar-refractivity contribution is 9.10. The molecule has 0 aliphatic carbocycles. The second-order valence-corrected chi connectivity index (χ2v) is 4.48. The number of aliphatic hydroxyl groups excluding tert-OH is 1. The average Bonchev–Trinajstić information content (AvgIpc) is 2.57. The molecule has 1 aromatic heterocycles. The number of hydrogen-bond acceptors (Lipinski definition) is 2. The largest absolute Gasteiger partial charge is 0.392 e. The van der Waals surface area contributed by atoms with E-state index in [-0.39, 0.29) is 6.61 Å². The first-order chi connectivity index (χ1) is 7.65. The van der Waals surface area contributed by atoms with Crippen molar-refractivity contribution >= 4 is 15.9 Å². The fourth-order valence-electron chi connectivity index (χ4n) is 1.71. The predicted molar refractivity (Wildman–Crippen MR) is 66.7 cm³/mol. The van der Waals surface area contributed by atoms with Gasteiger partial charge in [-0.2, -0.15) is 5.10 Å². The van der Waals surface area contributed by atoms with Crippen molar-refractivity contribution in [3.05, 3.63) is 45.7 Å². The van der Waals surface area contributed by atoms with Gasteiger partial charge >= 0.3 is 0 Å². The van der Waals surface area contributed by atoms with Gasteiger partial charge in [-0.15, -0.1) is 0 Å². The smallest absolute Gasteiger partial charge is 0.0743 e. The number of aliphatic hydroxyl groups is 1. The van der Waals surface area contributed by atoms with Gasteiger partial charge in [0, 0.05) is 5.56 Å². The van der Waals surface area contributed by atoms with Crippen LogP contribution in [-0.4, -0.2) is 14.9 Å². The van der Waals surface area contributed by atoms with Crippen molar-refractivity contribution in [2.24, 2.45) is 0 Å². The Bertz CT molecular complexity index is 520. The summed E-state index contributed by atoms with van der Waals surface area (Å²) in [6.45, 7) is 3.97. The summed E-state index contributed by atoms with van der Waals surface area (Å²) in [5, 5.41) is 13.7. The summed E-state index contributed by atoms with van der Waals surface area (Å²) < 4.78 is 2.87. The first-order valence-corrected chi connectivity index (χ1v) is 5.85. The second kappa shape index (κ2) is 4.39. The molecule has 0 saturated carbocycles. The molecular formula is C12H13BrN2O. The van der Waals surface area contributed by atoms with Gasteiger partial charge in [-0.1, -0.05) is 18.2 Å². The van der Waals surface area contributed by atoms with Gasteiger partial charge in [-0.3, -0.25) is 0 Å². The fraction of sp³-hybridized carbons (Fsp3) is 0.250. The summed E-state index contributed by atoms with van der Waals surface area (Å²) in [6.07, 6.45) is 0. The van der Waals surface area contributed by atoms with Gasteiger partial charge in [0.15, 0.2) is 0 Å². The molecule has 84 valence electrons. The Morgan fingerprint density at radius 3 is 2.56 bits per heavy atom. The van der Waals surface area contributed by atoms with E-state index in [1.54, 1.807) is 0 Å². The Labute approximate surface area is 103 Å². The number of hydrogen-bond donors (Lipinski definition) is 1. The summed E-state index contributed by atoms with van der Waals surface area (Å²) in [7, 11) is 0. The summed E-state index contributed by atoms with van der Waals surface area (Å²) in [4.78, 5) is 0. The number of aryl methyl sites for hydroxylation is 1. The summed E-state index contributed by atoms with van der Waals surface area (Å²) in [5.41, 5.74) is 3.79. The SMILES string of the molecule is Cc1nn(-c2ccccc2CO)c(C)c1Br. The molecule has 16 heavy (non-hydrogen) atoms. The maximum absolute atomic E-state index is 9.29. The van der Waals surface area contributed by atoms with Crippen LogP contribution in [0.1, 0.15) is 17.0 Å². The molecule has 0 spiro atoms. The van der Waals surface area contributed by atoms with E-state index in [0.29, 0.717) is 0 Å². The number of nitrogens with zero attached hydrogens (tertiary/aromatic N) is 2. The normalized spacial score (nSPS) is 10.8. The van der Waals surface area contributed by atoms with E-state index < -0.39 is 0 Å². The Balaban J connectivity index is 2.63. The molecule has 2 rings (SSSR count). The monoisotopic (exact) mass is 280 g/mol. The van der Waals surface area contributed by atoms with Crippen LogP contribution in [-0.2, 0) is 6.61 Å². The van der Waals surface area contributed by atoms with Gasteiger partial charge in [-0.25, -0.2) is 4.68 Å². The highest BCUT2D eigenvalue weighted by Gasteiger charge is 2.12. The molecule has 2 aromatic rings. The molecular weight excluding hydrogens is 268 g/mol. The molecule has 0 fully saturated rings. The number of aromatic nitrogens is 2. The van der Waals surface area contributed by atoms with Gasteiger partial charge < -0.3 is 5.11 Å². The van der Waals surface area contributed by atoms with Crippen LogP contribution in [0, 0.1) is 13.8 Å². The molecule has 1 aromatic carbocycles. The molecule has 1 N–H and O–H groups in total. The van der Waals surface area contributed by atoms with Gasteiger partial charge in [-0.05, 0) is 35.8 Å². The van der Waals surface area contributed by atoms with Crippen molar-refractivity contribution in [2.75, 3.05) is 0 Å². The van der Waals surface area contributed by atoms with Crippen LogP contribution in [0.25, 0.3) is 5.69 Å². The van der Waals surface area contributed by atoms with Crippen molar-refractivity contribution in [1.29, 1.82) is 0 Å². The summed E-state index contributed by atoms with van der Waals surface area (Å²) in [5.74, 6) is 0. The molecule has 0 saturated heterocycles. The maximum atomic E-state index is 9.29. The highest BCUT2D eigenvalue weighted by Crippen LogP contribution is 2.24. The molecule has 0 atom stereocenters. The minimum atomic E-state index is 0.0200. The Kier molecular flexibility index (Phi) is 3.12. The Morgan fingerprint density at radius 2 is 2.00 bits per heavy atom. The van der Waals surface area contributed by atoms with E-state index in [9.17, 15) is 5.11 Å². The zero-order chi connectivity index (χ0) is 11.7. The van der Waals surface area contributed by atoms with E-state index in [1.165, 1.54) is 0 Å². The molecule has 1 heterocycles. The Hall–Kier alpha value is -1.13. The van der Waals surface area contributed by atoms with Crippen LogP contribution in [0.3, 0.4) is 0 Å². The maximum Gasteiger partial charge on any atom is 0.0743 e. The first kappa shape index (κ1) is 11.4. The molecule has 0 aliphatic rings. The quantitative estimate of drug-likeness (QED) is 0.919. The molecule has 0 radical (unpaired) electrons.